The van der Waals surface area contributed by atoms with E-state index in [1.54, 1.807) is 18.2 Å². The van der Waals surface area contributed by atoms with E-state index in [0.29, 0.717) is 16.8 Å². The van der Waals surface area contributed by atoms with Crippen molar-refractivity contribution in [3.63, 3.8) is 0 Å². The van der Waals surface area contributed by atoms with E-state index >= 15 is 0 Å². The van der Waals surface area contributed by atoms with Gasteiger partial charge in [-0.3, -0.25) is 4.79 Å². The van der Waals surface area contributed by atoms with Gasteiger partial charge in [0.15, 0.2) is 0 Å². The second kappa shape index (κ2) is 5.26. The maximum Gasteiger partial charge on any atom is 0.270 e. The van der Waals surface area contributed by atoms with Gasteiger partial charge in [0.25, 0.3) is 5.91 Å². The largest absolute Gasteiger partial charge is 0.346 e. The average Bonchev–Trinajstić information content (AvgIpc) is 2.14. The molecule has 0 radical (unpaired) electrons. The van der Waals surface area contributed by atoms with Gasteiger partial charge in [0.2, 0.25) is 0 Å². The molecule has 1 N–H and O–H groups in total. The summed E-state index contributed by atoms with van der Waals surface area (Å²) >= 11 is 6.34. The maximum atomic E-state index is 11.4. The highest BCUT2D eigenvalue weighted by Crippen LogP contribution is 2.06. The van der Waals surface area contributed by atoms with Gasteiger partial charge in [0.05, 0.1) is 0 Å². The van der Waals surface area contributed by atoms with Crippen LogP contribution in [-0.4, -0.2) is 17.4 Å². The van der Waals surface area contributed by atoms with Crippen molar-refractivity contribution in [1.82, 2.24) is 10.3 Å². The molecular formula is C9H8Br2N2O. The van der Waals surface area contributed by atoms with Crippen LogP contribution in [0.1, 0.15) is 10.5 Å². The van der Waals surface area contributed by atoms with Gasteiger partial charge in [-0.15, -0.1) is 0 Å². The van der Waals surface area contributed by atoms with E-state index in [0.717, 1.165) is 4.48 Å². The first-order valence-corrected chi connectivity index (χ1v) is 5.42. The van der Waals surface area contributed by atoms with E-state index in [9.17, 15) is 4.79 Å². The lowest BCUT2D eigenvalue weighted by atomic mass is 10.3. The SMILES string of the molecule is C=C(Br)CNC(=O)c1cccc(Br)n1. The quantitative estimate of drug-likeness (QED) is 0.870. The number of amides is 1. The Labute approximate surface area is 98.9 Å². The summed E-state index contributed by atoms with van der Waals surface area (Å²) < 4.78 is 1.36. The molecule has 1 aromatic rings. The van der Waals surface area contributed by atoms with Gasteiger partial charge in [0.1, 0.15) is 10.3 Å². The van der Waals surface area contributed by atoms with E-state index in [1.807, 2.05) is 0 Å². The fourth-order valence-electron chi connectivity index (χ4n) is 0.801. The minimum Gasteiger partial charge on any atom is -0.346 e. The van der Waals surface area contributed by atoms with Gasteiger partial charge in [-0.25, -0.2) is 4.98 Å². The van der Waals surface area contributed by atoms with Crippen LogP contribution in [0.3, 0.4) is 0 Å². The molecule has 0 bridgehead atoms. The number of nitrogens with zero attached hydrogens (tertiary/aromatic N) is 1. The topological polar surface area (TPSA) is 42.0 Å². The zero-order valence-corrected chi connectivity index (χ0v) is 10.4. The Balaban J connectivity index is 2.65. The van der Waals surface area contributed by atoms with Crippen molar-refractivity contribution in [2.24, 2.45) is 0 Å². The first-order chi connectivity index (χ1) is 6.59. The van der Waals surface area contributed by atoms with Crippen molar-refractivity contribution >= 4 is 37.8 Å². The first kappa shape index (κ1) is 11.4. The van der Waals surface area contributed by atoms with Crippen LogP contribution in [-0.2, 0) is 0 Å². The standard InChI is InChI=1S/C9H8Br2N2O/c1-6(10)5-12-9(14)7-3-2-4-8(11)13-7/h2-4H,1,5H2,(H,12,14). The number of pyridine rings is 1. The normalized spacial score (nSPS) is 9.57. The predicted molar refractivity (Wildman–Crippen MR) is 62.3 cm³/mol. The van der Waals surface area contributed by atoms with Gasteiger partial charge in [0, 0.05) is 11.0 Å². The van der Waals surface area contributed by atoms with Gasteiger partial charge in [-0.2, -0.15) is 0 Å². The molecular weight excluding hydrogens is 312 g/mol. The van der Waals surface area contributed by atoms with Crippen LogP contribution in [0, 0.1) is 0 Å². The summed E-state index contributed by atoms with van der Waals surface area (Å²) in [5.74, 6) is -0.216. The molecule has 1 aromatic heterocycles. The summed E-state index contributed by atoms with van der Waals surface area (Å²) in [6, 6.07) is 5.17. The van der Waals surface area contributed by atoms with Crippen LogP contribution < -0.4 is 5.32 Å². The lowest BCUT2D eigenvalue weighted by Gasteiger charge is -2.02. The number of nitrogens with one attached hydrogen (secondary N) is 1. The molecule has 0 aliphatic rings. The molecule has 0 saturated heterocycles. The van der Waals surface area contributed by atoms with Crippen LogP contribution in [0.5, 0.6) is 0 Å². The molecule has 5 heteroatoms. The molecule has 0 aliphatic heterocycles. The van der Waals surface area contributed by atoms with Gasteiger partial charge in [-0.1, -0.05) is 28.6 Å². The molecule has 14 heavy (non-hydrogen) atoms. The van der Waals surface area contributed by atoms with Crippen molar-refractivity contribution in [2.75, 3.05) is 6.54 Å². The molecule has 0 aromatic carbocycles. The van der Waals surface area contributed by atoms with Crippen LogP contribution in [0.25, 0.3) is 0 Å². The molecule has 0 fully saturated rings. The Kier molecular flexibility index (Phi) is 4.28. The highest BCUT2D eigenvalue weighted by molar-refractivity contribution is 9.11. The Morgan fingerprint density at radius 1 is 1.57 bits per heavy atom. The summed E-state index contributed by atoms with van der Waals surface area (Å²) in [6.45, 7) is 4.01. The zero-order chi connectivity index (χ0) is 10.6. The molecule has 0 aliphatic carbocycles. The molecule has 1 heterocycles. The lowest BCUT2D eigenvalue weighted by Crippen LogP contribution is -2.25. The number of carbonyl (C=O) groups excluding carboxylic acids is 1. The van der Waals surface area contributed by atoms with Gasteiger partial charge in [-0.05, 0) is 28.1 Å². The van der Waals surface area contributed by atoms with Crippen molar-refractivity contribution in [3.05, 3.63) is 39.6 Å². The summed E-state index contributed by atoms with van der Waals surface area (Å²) in [5.41, 5.74) is 0.383. The fraction of sp³-hybridized carbons (Fsp3) is 0.111. The first-order valence-electron chi connectivity index (χ1n) is 3.83. The smallest absolute Gasteiger partial charge is 0.270 e. The third-order valence-electron chi connectivity index (χ3n) is 1.39. The van der Waals surface area contributed by atoms with Crippen molar-refractivity contribution in [1.29, 1.82) is 0 Å². The minimum absolute atomic E-state index is 0.216. The third kappa shape index (κ3) is 3.59. The molecule has 3 nitrogen and oxygen atoms in total. The molecule has 1 amide bonds. The molecule has 0 saturated carbocycles. The van der Waals surface area contributed by atoms with Gasteiger partial charge >= 0.3 is 0 Å². The fourth-order valence-corrected chi connectivity index (χ4v) is 1.29. The van der Waals surface area contributed by atoms with E-state index in [4.69, 9.17) is 0 Å². The van der Waals surface area contributed by atoms with Gasteiger partial charge < -0.3 is 5.32 Å². The highest BCUT2D eigenvalue weighted by atomic mass is 79.9. The summed E-state index contributed by atoms with van der Waals surface area (Å²) in [7, 11) is 0. The average molecular weight is 320 g/mol. The lowest BCUT2D eigenvalue weighted by molar-refractivity contribution is 0.0952. The number of rotatable bonds is 3. The van der Waals surface area contributed by atoms with Crippen LogP contribution in [0.4, 0.5) is 0 Å². The second-order valence-corrected chi connectivity index (χ2v) is 4.48. The van der Waals surface area contributed by atoms with Crippen LogP contribution >= 0.6 is 31.9 Å². The van der Waals surface area contributed by atoms with Crippen molar-refractivity contribution < 1.29 is 4.79 Å². The number of hydrogen-bond acceptors (Lipinski definition) is 2. The third-order valence-corrected chi connectivity index (χ3v) is 2.11. The number of carbonyl (C=O) groups is 1. The summed E-state index contributed by atoms with van der Waals surface area (Å²) in [6.07, 6.45) is 0. The molecule has 0 spiro atoms. The number of hydrogen-bond donors (Lipinski definition) is 1. The van der Waals surface area contributed by atoms with Crippen LogP contribution in [0.2, 0.25) is 0 Å². The Morgan fingerprint density at radius 3 is 2.86 bits per heavy atom. The maximum absolute atomic E-state index is 11.4. The predicted octanol–water partition coefficient (Wildman–Crippen LogP) is 2.48. The summed E-state index contributed by atoms with van der Waals surface area (Å²) in [4.78, 5) is 15.5. The minimum atomic E-state index is -0.216. The highest BCUT2D eigenvalue weighted by Gasteiger charge is 2.06. The van der Waals surface area contributed by atoms with E-state index in [-0.39, 0.29) is 5.91 Å². The van der Waals surface area contributed by atoms with Crippen molar-refractivity contribution in [2.45, 2.75) is 0 Å². The number of halogens is 2. The van der Waals surface area contributed by atoms with E-state index in [1.165, 1.54) is 0 Å². The summed E-state index contributed by atoms with van der Waals surface area (Å²) in [5, 5.41) is 2.66. The van der Waals surface area contributed by atoms with Crippen LogP contribution in [0.15, 0.2) is 33.9 Å². The Morgan fingerprint density at radius 2 is 2.29 bits per heavy atom. The van der Waals surface area contributed by atoms with E-state index in [2.05, 4.69) is 48.7 Å². The second-order valence-electron chi connectivity index (χ2n) is 2.55. The Hall–Kier alpha value is -0.680. The van der Waals surface area contributed by atoms with E-state index < -0.39 is 0 Å². The van der Waals surface area contributed by atoms with Crippen molar-refractivity contribution in [3.8, 4) is 0 Å². The number of aromatic nitrogens is 1. The molecule has 74 valence electrons. The molecule has 0 atom stereocenters. The molecule has 0 unspecified atom stereocenters. The molecule has 1 rings (SSSR count). The zero-order valence-electron chi connectivity index (χ0n) is 7.26. The Bertz CT molecular complexity index is 366. The monoisotopic (exact) mass is 318 g/mol.